The Balaban J connectivity index is 2.00. The summed E-state index contributed by atoms with van der Waals surface area (Å²) < 4.78 is 46.9. The fraction of sp³-hybridized carbons (Fsp3) is 0.111. The topological polar surface area (TPSA) is 106 Å². The molecule has 0 amide bonds. The number of aromatic amines is 1. The van der Waals surface area contributed by atoms with Crippen molar-refractivity contribution in [2.75, 3.05) is 5.73 Å². The van der Waals surface area contributed by atoms with Gasteiger partial charge in [0.2, 0.25) is 0 Å². The lowest BCUT2D eigenvalue weighted by Gasteiger charge is -2.11. The van der Waals surface area contributed by atoms with Gasteiger partial charge in [0, 0.05) is 10.9 Å². The molecule has 11 heteroatoms. The number of H-pyrrole nitrogens is 1. The van der Waals surface area contributed by atoms with Crippen molar-refractivity contribution in [1.29, 1.82) is 0 Å². The van der Waals surface area contributed by atoms with Crippen molar-refractivity contribution in [3.05, 3.63) is 63.0 Å². The smallest absolute Gasteiger partial charge is 0.397 e. The van der Waals surface area contributed by atoms with Crippen molar-refractivity contribution < 1.29 is 27.2 Å². The number of benzene rings is 1. The number of nitrogens with two attached hydrogens (primary N) is 1. The van der Waals surface area contributed by atoms with E-state index < -0.39 is 23.1 Å². The molecule has 4 rings (SSSR count). The monoisotopic (exact) mass is 421 g/mol. The number of nitrogens with zero attached hydrogens (tertiary/aromatic N) is 2. The molecule has 0 spiro atoms. The van der Waals surface area contributed by atoms with Gasteiger partial charge in [-0.15, -0.1) is 11.3 Å². The number of anilines is 1. The molecule has 0 radical (unpaired) electrons. The second-order valence-electron chi connectivity index (χ2n) is 6.16. The van der Waals surface area contributed by atoms with Gasteiger partial charge in [-0.1, -0.05) is 35.0 Å². The quantitative estimate of drug-likeness (QED) is 0.391. The third-order valence-corrected chi connectivity index (χ3v) is 5.40. The number of fused-ring (bicyclic) bond motifs is 1. The van der Waals surface area contributed by atoms with E-state index in [-0.39, 0.29) is 32.2 Å². The van der Waals surface area contributed by atoms with Crippen molar-refractivity contribution in [2.45, 2.75) is 6.18 Å². The van der Waals surface area contributed by atoms with Gasteiger partial charge in [0.1, 0.15) is 9.71 Å². The molecular weight excluding hydrogens is 409 g/mol. The number of rotatable bonds is 3. The van der Waals surface area contributed by atoms with Gasteiger partial charge in [-0.25, -0.2) is 9.78 Å². The second kappa shape index (κ2) is 6.55. The number of nitrogens with one attached hydrogen (secondary N) is 1. The molecule has 3 heterocycles. The number of aryl methyl sites for hydroxylation is 1. The molecule has 0 bridgehead atoms. The Morgan fingerprint density at radius 2 is 1.97 bits per heavy atom. The molecule has 0 unspecified atom stereocenters. The molecular formula is C18H12F3N4O3S+. The molecule has 0 aliphatic rings. The zero-order chi connectivity index (χ0) is 20.9. The highest BCUT2D eigenvalue weighted by atomic mass is 32.1. The van der Waals surface area contributed by atoms with Gasteiger partial charge in [0.15, 0.2) is 7.05 Å². The van der Waals surface area contributed by atoms with Gasteiger partial charge in [0.05, 0.1) is 16.9 Å². The summed E-state index contributed by atoms with van der Waals surface area (Å²) in [5.74, 6) is -0.850. The van der Waals surface area contributed by atoms with Gasteiger partial charge >= 0.3 is 17.5 Å². The Bertz CT molecular complexity index is 1310. The highest BCUT2D eigenvalue weighted by Crippen LogP contribution is 2.43. The summed E-state index contributed by atoms with van der Waals surface area (Å²) in [7, 11) is 1.36. The summed E-state index contributed by atoms with van der Waals surface area (Å²) >= 11 is 0.693. The van der Waals surface area contributed by atoms with Crippen molar-refractivity contribution in [3.63, 3.8) is 0 Å². The molecule has 1 aromatic carbocycles. The summed E-state index contributed by atoms with van der Waals surface area (Å²) in [4.78, 5) is 28.6. The van der Waals surface area contributed by atoms with Gasteiger partial charge < -0.3 is 5.73 Å². The third kappa shape index (κ3) is 3.09. The molecule has 3 aromatic heterocycles. The number of nitrogen functional groups attached to an aromatic ring is 1. The van der Waals surface area contributed by atoms with Crippen LogP contribution in [0.5, 0.6) is 0 Å². The minimum absolute atomic E-state index is 0.0536. The van der Waals surface area contributed by atoms with E-state index in [1.807, 2.05) is 0 Å². The SMILES string of the molecule is C[n+]1[nH]oc(=O)c1C(=O)c1sc2nc(-c3ccccc3)cc(C(F)(F)F)c2c1N. The first-order valence-electron chi connectivity index (χ1n) is 8.16. The fourth-order valence-electron chi connectivity index (χ4n) is 2.96. The molecule has 7 nitrogen and oxygen atoms in total. The van der Waals surface area contributed by atoms with E-state index >= 15 is 0 Å². The van der Waals surface area contributed by atoms with Gasteiger partial charge in [-0.3, -0.25) is 9.32 Å². The number of carbonyl (C=O) groups excluding carboxylic acids is 1. The predicted octanol–water partition coefficient (Wildman–Crippen LogP) is 2.90. The van der Waals surface area contributed by atoms with Crippen LogP contribution in [0.4, 0.5) is 18.9 Å². The Labute approximate surface area is 164 Å². The molecule has 4 aromatic rings. The van der Waals surface area contributed by atoms with E-state index in [4.69, 9.17) is 5.73 Å². The van der Waals surface area contributed by atoms with Gasteiger partial charge in [-0.05, 0) is 11.3 Å². The van der Waals surface area contributed by atoms with Crippen LogP contribution in [-0.4, -0.2) is 16.0 Å². The first-order valence-corrected chi connectivity index (χ1v) is 8.98. The van der Waals surface area contributed by atoms with Crippen LogP contribution in [0.1, 0.15) is 20.9 Å². The molecule has 0 saturated heterocycles. The highest BCUT2D eigenvalue weighted by molar-refractivity contribution is 7.21. The summed E-state index contributed by atoms with van der Waals surface area (Å²) in [6.45, 7) is 0. The average Bonchev–Trinajstić information content (AvgIpc) is 3.19. The maximum atomic E-state index is 13.8. The number of hydrogen-bond donors (Lipinski definition) is 2. The molecule has 148 valence electrons. The summed E-state index contributed by atoms with van der Waals surface area (Å²) in [6, 6.07) is 9.24. The molecule has 0 atom stereocenters. The van der Waals surface area contributed by atoms with E-state index in [0.717, 1.165) is 10.7 Å². The van der Waals surface area contributed by atoms with E-state index in [9.17, 15) is 22.8 Å². The van der Waals surface area contributed by atoms with Crippen molar-refractivity contribution in [3.8, 4) is 11.3 Å². The lowest BCUT2D eigenvalue weighted by atomic mass is 10.0. The normalized spacial score (nSPS) is 11.9. The number of pyridine rings is 1. The minimum Gasteiger partial charge on any atom is -0.397 e. The lowest BCUT2D eigenvalue weighted by Crippen LogP contribution is -2.39. The number of thiophene rings is 1. The predicted molar refractivity (Wildman–Crippen MR) is 98.4 cm³/mol. The molecule has 3 N–H and O–H groups in total. The summed E-state index contributed by atoms with van der Waals surface area (Å²) in [6.07, 6.45) is -4.72. The second-order valence-corrected chi connectivity index (χ2v) is 7.16. The number of alkyl halides is 3. The Morgan fingerprint density at radius 3 is 2.55 bits per heavy atom. The molecule has 0 fully saturated rings. The van der Waals surface area contributed by atoms with E-state index in [1.165, 1.54) is 7.05 Å². The molecule has 29 heavy (non-hydrogen) atoms. The standard InChI is InChI=1S/C18H11F3N4O3S/c1-25-13(17(27)28-24-25)14(26)15-12(22)11-9(18(19,20)21)7-10(23-16(11)29-15)8-5-3-2-4-6-8/h2-7H,1H3,(H2-,22,24,26,27)/p+1. The van der Waals surface area contributed by atoms with Crippen LogP contribution in [0, 0.1) is 0 Å². The van der Waals surface area contributed by atoms with Crippen LogP contribution in [0.3, 0.4) is 0 Å². The molecule has 0 saturated carbocycles. The van der Waals surface area contributed by atoms with Crippen LogP contribution >= 0.6 is 11.3 Å². The van der Waals surface area contributed by atoms with Crippen LogP contribution in [-0.2, 0) is 13.2 Å². The number of hydrogen-bond acceptors (Lipinski definition) is 6. The van der Waals surface area contributed by atoms with Crippen LogP contribution in [0.25, 0.3) is 21.5 Å². The van der Waals surface area contributed by atoms with E-state index in [2.05, 4.69) is 14.8 Å². The van der Waals surface area contributed by atoms with Gasteiger partial charge in [-0.2, -0.15) is 13.2 Å². The highest BCUT2D eigenvalue weighted by Gasteiger charge is 2.38. The van der Waals surface area contributed by atoms with Crippen molar-refractivity contribution >= 4 is 33.0 Å². The zero-order valence-electron chi connectivity index (χ0n) is 14.7. The van der Waals surface area contributed by atoms with Crippen LogP contribution in [0.15, 0.2) is 45.7 Å². The Morgan fingerprint density at radius 1 is 1.28 bits per heavy atom. The number of ketones is 1. The summed E-state index contributed by atoms with van der Waals surface area (Å²) in [5, 5.41) is 1.82. The van der Waals surface area contributed by atoms with Crippen LogP contribution < -0.4 is 16.0 Å². The molecule has 0 aliphatic carbocycles. The first kappa shape index (κ1) is 18.9. The number of carbonyl (C=O) groups is 1. The first-order chi connectivity index (χ1) is 13.7. The maximum absolute atomic E-state index is 13.8. The largest absolute Gasteiger partial charge is 0.438 e. The summed E-state index contributed by atoms with van der Waals surface area (Å²) in [5.41, 5.74) is 3.78. The van der Waals surface area contributed by atoms with Crippen LogP contribution in [0.2, 0.25) is 0 Å². The van der Waals surface area contributed by atoms with E-state index in [0.29, 0.717) is 16.9 Å². The lowest BCUT2D eigenvalue weighted by molar-refractivity contribution is -0.741. The number of aromatic nitrogens is 3. The van der Waals surface area contributed by atoms with E-state index in [1.54, 1.807) is 30.3 Å². The number of halogens is 3. The zero-order valence-corrected chi connectivity index (χ0v) is 15.5. The van der Waals surface area contributed by atoms with Crippen molar-refractivity contribution in [1.82, 2.24) is 10.3 Å². The third-order valence-electron chi connectivity index (χ3n) is 4.30. The minimum atomic E-state index is -4.72. The maximum Gasteiger partial charge on any atom is 0.438 e. The fourth-order valence-corrected chi connectivity index (χ4v) is 4.02. The Kier molecular flexibility index (Phi) is 4.26. The molecule has 0 aliphatic heterocycles. The van der Waals surface area contributed by atoms with Crippen molar-refractivity contribution in [2.24, 2.45) is 7.05 Å². The van der Waals surface area contributed by atoms with Gasteiger partial charge in [0.25, 0.3) is 5.78 Å². The Hall–Kier alpha value is -3.47. The average molecular weight is 421 g/mol.